The minimum atomic E-state index is -3.58. The summed E-state index contributed by atoms with van der Waals surface area (Å²) in [5, 5.41) is 10.2. The molecule has 23 heavy (non-hydrogen) atoms. The number of ketones is 1. The molecule has 1 fully saturated rings. The van der Waals surface area contributed by atoms with Crippen LogP contribution in [0.3, 0.4) is 0 Å². The minimum absolute atomic E-state index is 0.0649. The van der Waals surface area contributed by atoms with Gasteiger partial charge in [-0.2, -0.15) is 4.31 Å². The third kappa shape index (κ3) is 2.75. The van der Waals surface area contributed by atoms with E-state index in [1.165, 1.54) is 4.31 Å². The van der Waals surface area contributed by atoms with Crippen molar-refractivity contribution in [3.05, 3.63) is 41.0 Å². The van der Waals surface area contributed by atoms with Crippen LogP contribution in [-0.2, 0) is 14.8 Å². The highest BCUT2D eigenvalue weighted by atomic mass is 32.2. The molecule has 2 aliphatic rings. The molecule has 1 atom stereocenters. The van der Waals surface area contributed by atoms with Crippen LogP contribution in [0.2, 0.25) is 0 Å². The van der Waals surface area contributed by atoms with Crippen LogP contribution in [0.4, 0.5) is 0 Å². The summed E-state index contributed by atoms with van der Waals surface area (Å²) in [7, 11) is -3.58. The number of Topliss-reactive ketones (excluding diaryl/α,β-unsaturated/α-hetero) is 1. The molecule has 0 amide bonds. The Labute approximate surface area is 136 Å². The maximum Gasteiger partial charge on any atom is 0.243 e. The van der Waals surface area contributed by atoms with E-state index in [2.05, 4.69) is 0 Å². The van der Waals surface area contributed by atoms with E-state index in [0.29, 0.717) is 12.1 Å². The highest BCUT2D eigenvalue weighted by molar-refractivity contribution is 7.89. The Morgan fingerprint density at radius 1 is 1.22 bits per heavy atom. The van der Waals surface area contributed by atoms with E-state index in [0.717, 1.165) is 11.1 Å². The van der Waals surface area contributed by atoms with Gasteiger partial charge in [0.05, 0.1) is 10.5 Å². The number of carbonyl (C=O) groups excluding carboxylic acids is 1. The van der Waals surface area contributed by atoms with Crippen molar-refractivity contribution in [2.45, 2.75) is 37.7 Å². The van der Waals surface area contributed by atoms with E-state index >= 15 is 0 Å². The molecule has 124 valence electrons. The molecule has 1 unspecified atom stereocenters. The van der Waals surface area contributed by atoms with E-state index in [4.69, 9.17) is 0 Å². The molecule has 1 heterocycles. The van der Waals surface area contributed by atoms with E-state index in [9.17, 15) is 18.3 Å². The maximum atomic E-state index is 12.8. The molecule has 3 rings (SSSR count). The fourth-order valence-corrected chi connectivity index (χ4v) is 4.96. The van der Waals surface area contributed by atoms with Crippen molar-refractivity contribution in [1.29, 1.82) is 0 Å². The molecular weight excluding hydrogens is 314 g/mol. The first-order chi connectivity index (χ1) is 10.6. The number of fused-ring (bicyclic) bond motifs is 1. The van der Waals surface area contributed by atoms with Crippen LogP contribution < -0.4 is 0 Å². The second-order valence-electron chi connectivity index (χ2n) is 6.89. The van der Waals surface area contributed by atoms with Crippen molar-refractivity contribution >= 4 is 15.8 Å². The fourth-order valence-electron chi connectivity index (χ4n) is 3.49. The Morgan fingerprint density at radius 3 is 2.39 bits per heavy atom. The molecule has 1 N–H and O–H groups in total. The summed E-state index contributed by atoms with van der Waals surface area (Å²) in [6, 6.07) is 6.76. The number of nitrogens with zero attached hydrogens (tertiary/aromatic N) is 1. The molecule has 0 spiro atoms. The number of benzene rings is 1. The highest BCUT2D eigenvalue weighted by Gasteiger charge is 2.46. The normalized spacial score (nSPS) is 22.8. The van der Waals surface area contributed by atoms with Gasteiger partial charge in [-0.05, 0) is 38.5 Å². The van der Waals surface area contributed by atoms with Crippen LogP contribution in [0, 0.1) is 12.8 Å². The zero-order valence-electron chi connectivity index (χ0n) is 13.5. The molecule has 1 aliphatic carbocycles. The topological polar surface area (TPSA) is 74.7 Å². The van der Waals surface area contributed by atoms with Gasteiger partial charge in [-0.1, -0.05) is 17.7 Å². The number of aliphatic hydroxyl groups is 1. The van der Waals surface area contributed by atoms with Gasteiger partial charge in [0.1, 0.15) is 0 Å². The number of hydrogen-bond acceptors (Lipinski definition) is 4. The van der Waals surface area contributed by atoms with Gasteiger partial charge >= 0.3 is 0 Å². The molecule has 0 aromatic heterocycles. The Morgan fingerprint density at radius 2 is 1.83 bits per heavy atom. The molecule has 0 saturated carbocycles. The minimum Gasteiger partial charge on any atom is -0.386 e. The summed E-state index contributed by atoms with van der Waals surface area (Å²) in [5.74, 6) is -0.172. The zero-order valence-corrected chi connectivity index (χ0v) is 14.4. The second kappa shape index (κ2) is 5.26. The maximum absolute atomic E-state index is 12.8. The van der Waals surface area contributed by atoms with E-state index < -0.39 is 15.6 Å². The van der Waals surface area contributed by atoms with Gasteiger partial charge in [0.15, 0.2) is 5.78 Å². The SMILES string of the molecule is Cc1ccc(S(=O)(=O)N2CC3=C(C(C)(C)O)C(=O)CC3C2)cc1. The third-order valence-electron chi connectivity index (χ3n) is 4.57. The van der Waals surface area contributed by atoms with E-state index in [-0.39, 0.29) is 29.6 Å². The average molecular weight is 335 g/mol. The highest BCUT2D eigenvalue weighted by Crippen LogP contribution is 2.41. The number of sulfonamides is 1. The van der Waals surface area contributed by atoms with Crippen LogP contribution in [0.5, 0.6) is 0 Å². The summed E-state index contributed by atoms with van der Waals surface area (Å²) >= 11 is 0. The molecule has 1 aromatic rings. The first kappa shape index (κ1) is 16.4. The summed E-state index contributed by atoms with van der Waals surface area (Å²) in [6.45, 7) is 5.55. The summed E-state index contributed by atoms with van der Waals surface area (Å²) in [6.07, 6.45) is 0.286. The van der Waals surface area contributed by atoms with Crippen molar-refractivity contribution < 1.29 is 18.3 Å². The van der Waals surface area contributed by atoms with Gasteiger partial charge in [0.25, 0.3) is 0 Å². The Balaban J connectivity index is 1.95. The predicted octanol–water partition coefficient (Wildman–Crippen LogP) is 1.66. The van der Waals surface area contributed by atoms with Crippen LogP contribution >= 0.6 is 0 Å². The van der Waals surface area contributed by atoms with Crippen LogP contribution in [0.1, 0.15) is 25.8 Å². The largest absolute Gasteiger partial charge is 0.386 e. The summed E-state index contributed by atoms with van der Waals surface area (Å²) in [4.78, 5) is 12.4. The summed E-state index contributed by atoms with van der Waals surface area (Å²) in [5.41, 5.74) is 0.937. The standard InChI is InChI=1S/C17H21NO4S/c1-11-4-6-13(7-5-11)23(21,22)18-9-12-8-15(19)16(14(12)10-18)17(2,3)20/h4-7,12,20H,8-10H2,1-3H3. The second-order valence-corrected chi connectivity index (χ2v) is 8.83. The van der Waals surface area contributed by atoms with Crippen molar-refractivity contribution in [1.82, 2.24) is 4.31 Å². The van der Waals surface area contributed by atoms with Gasteiger partial charge in [0.2, 0.25) is 10.0 Å². The lowest BCUT2D eigenvalue weighted by molar-refractivity contribution is -0.117. The quantitative estimate of drug-likeness (QED) is 0.911. The lowest BCUT2D eigenvalue weighted by Gasteiger charge is -2.21. The third-order valence-corrected chi connectivity index (χ3v) is 6.39. The van der Waals surface area contributed by atoms with Crippen LogP contribution in [0.15, 0.2) is 40.3 Å². The number of aryl methyl sites for hydroxylation is 1. The number of rotatable bonds is 3. The molecule has 0 radical (unpaired) electrons. The molecule has 1 saturated heterocycles. The molecule has 1 aliphatic heterocycles. The first-order valence-electron chi connectivity index (χ1n) is 7.66. The van der Waals surface area contributed by atoms with Gasteiger partial charge in [-0.15, -0.1) is 0 Å². The van der Waals surface area contributed by atoms with Gasteiger partial charge < -0.3 is 5.11 Å². The van der Waals surface area contributed by atoms with E-state index in [1.807, 2.05) is 6.92 Å². The molecule has 6 heteroatoms. The Hall–Kier alpha value is -1.50. The molecule has 1 aromatic carbocycles. The van der Waals surface area contributed by atoms with Gasteiger partial charge in [-0.25, -0.2) is 8.42 Å². The summed E-state index contributed by atoms with van der Waals surface area (Å²) < 4.78 is 27.0. The Bertz CT molecular complexity index is 785. The molecule has 5 nitrogen and oxygen atoms in total. The van der Waals surface area contributed by atoms with E-state index in [1.54, 1.807) is 38.1 Å². The first-order valence-corrected chi connectivity index (χ1v) is 9.10. The van der Waals surface area contributed by atoms with Crippen molar-refractivity contribution in [2.24, 2.45) is 5.92 Å². The van der Waals surface area contributed by atoms with Crippen LogP contribution in [-0.4, -0.2) is 42.3 Å². The molecular formula is C17H21NO4S. The number of carbonyl (C=O) groups is 1. The Kier molecular flexibility index (Phi) is 3.74. The number of hydrogen-bond donors (Lipinski definition) is 1. The van der Waals surface area contributed by atoms with Crippen molar-refractivity contribution in [3.8, 4) is 0 Å². The van der Waals surface area contributed by atoms with Gasteiger partial charge in [-0.3, -0.25) is 4.79 Å². The zero-order chi connectivity index (χ0) is 17.0. The monoisotopic (exact) mass is 335 g/mol. The van der Waals surface area contributed by atoms with Crippen molar-refractivity contribution in [3.63, 3.8) is 0 Å². The predicted molar refractivity (Wildman–Crippen MR) is 86.4 cm³/mol. The molecule has 0 bridgehead atoms. The fraction of sp³-hybridized carbons (Fsp3) is 0.471. The van der Waals surface area contributed by atoms with Gasteiger partial charge in [0, 0.05) is 31.0 Å². The lowest BCUT2D eigenvalue weighted by Crippen LogP contribution is -2.31. The lowest BCUT2D eigenvalue weighted by atomic mass is 9.93. The van der Waals surface area contributed by atoms with Crippen molar-refractivity contribution in [2.75, 3.05) is 13.1 Å². The van der Waals surface area contributed by atoms with Crippen LogP contribution in [0.25, 0.3) is 0 Å². The average Bonchev–Trinajstić information content (AvgIpc) is 2.94. The smallest absolute Gasteiger partial charge is 0.243 e.